The van der Waals surface area contributed by atoms with Gasteiger partial charge in [-0.15, -0.1) is 0 Å². The Kier molecular flexibility index (Phi) is 6.70. The summed E-state index contributed by atoms with van der Waals surface area (Å²) in [4.78, 5) is 0. The lowest BCUT2D eigenvalue weighted by Crippen LogP contribution is -2.39. The second-order valence-electron chi connectivity index (χ2n) is 9.68. The first-order valence-electron chi connectivity index (χ1n) is 10.5. The highest BCUT2D eigenvalue weighted by molar-refractivity contribution is 7.95. The van der Waals surface area contributed by atoms with E-state index in [-0.39, 0.29) is 10.8 Å². The molecular formula is C27H33BP+. The van der Waals surface area contributed by atoms with E-state index < -0.39 is 7.26 Å². The summed E-state index contributed by atoms with van der Waals surface area (Å²) in [5.74, 6) is 0. The Hall–Kier alpha value is -1.85. The molecule has 3 aromatic carbocycles. The largest absolute Gasteiger partial charge is 0.112 e. The summed E-state index contributed by atoms with van der Waals surface area (Å²) >= 11 is 0. The lowest BCUT2D eigenvalue weighted by molar-refractivity contribution is 0.238. The molecule has 0 aliphatic carbocycles. The first-order chi connectivity index (χ1) is 13.8. The van der Waals surface area contributed by atoms with Crippen LogP contribution in [0.15, 0.2) is 91.0 Å². The first kappa shape index (κ1) is 21.9. The van der Waals surface area contributed by atoms with E-state index in [9.17, 15) is 0 Å². The van der Waals surface area contributed by atoms with Crippen LogP contribution in [0.5, 0.6) is 0 Å². The minimum Gasteiger partial charge on any atom is -0.0836 e. The molecule has 0 aromatic heterocycles. The van der Waals surface area contributed by atoms with E-state index in [0.717, 1.165) is 12.6 Å². The standard InChI is InChI=1S/C27H33BP/c1-26(2,21-28)20-27(3,4)22-29(23-14-8-5-9-15-23,24-16-10-6-11-17-24)25-18-12-7-13-19-25/h5-19H,20-22H2,1-4H3/q+1. The molecule has 0 unspecified atom stereocenters. The van der Waals surface area contributed by atoms with Crippen molar-refractivity contribution in [1.82, 2.24) is 0 Å². The second-order valence-corrected chi connectivity index (χ2v) is 13.2. The van der Waals surface area contributed by atoms with Gasteiger partial charge in [-0.25, -0.2) is 0 Å². The fourth-order valence-corrected chi connectivity index (χ4v) is 9.72. The highest BCUT2D eigenvalue weighted by Gasteiger charge is 2.49. The lowest BCUT2D eigenvalue weighted by atomic mass is 9.70. The molecule has 0 saturated heterocycles. The van der Waals surface area contributed by atoms with Crippen molar-refractivity contribution < 1.29 is 0 Å². The molecule has 0 bridgehead atoms. The summed E-state index contributed by atoms with van der Waals surface area (Å²) in [7, 11) is 4.31. The zero-order chi connectivity index (χ0) is 21.0. The van der Waals surface area contributed by atoms with Crippen molar-refractivity contribution in [3.05, 3.63) is 91.0 Å². The highest BCUT2D eigenvalue weighted by Crippen LogP contribution is 2.60. The topological polar surface area (TPSA) is 0 Å². The summed E-state index contributed by atoms with van der Waals surface area (Å²) in [6.45, 7) is 9.44. The van der Waals surface area contributed by atoms with Gasteiger partial charge in [0, 0.05) is 5.41 Å². The molecule has 29 heavy (non-hydrogen) atoms. The summed E-state index contributed by atoms with van der Waals surface area (Å²) in [5.41, 5.74) is 0.279. The van der Waals surface area contributed by atoms with E-state index in [2.05, 4.69) is 119 Å². The molecule has 148 valence electrons. The molecule has 0 heterocycles. The Morgan fingerprint density at radius 3 is 1.24 bits per heavy atom. The van der Waals surface area contributed by atoms with E-state index in [1.54, 1.807) is 0 Å². The molecule has 0 fully saturated rings. The van der Waals surface area contributed by atoms with Gasteiger partial charge in [-0.1, -0.05) is 88.6 Å². The molecule has 3 aromatic rings. The summed E-state index contributed by atoms with van der Waals surface area (Å²) in [5, 5.41) is 4.36. The quantitative estimate of drug-likeness (QED) is 0.321. The molecule has 0 atom stereocenters. The predicted octanol–water partition coefficient (Wildman–Crippen LogP) is 6.01. The summed E-state index contributed by atoms with van der Waals surface area (Å²) in [6, 6.07) is 33.5. The number of hydrogen-bond acceptors (Lipinski definition) is 0. The Morgan fingerprint density at radius 1 is 0.586 bits per heavy atom. The van der Waals surface area contributed by atoms with Crippen LogP contribution in [-0.2, 0) is 0 Å². The molecule has 2 heteroatoms. The Morgan fingerprint density at radius 2 is 0.931 bits per heavy atom. The molecule has 2 radical (unpaired) electrons. The predicted molar refractivity (Wildman–Crippen MR) is 133 cm³/mol. The molecule has 3 rings (SSSR count). The van der Waals surface area contributed by atoms with Gasteiger partial charge < -0.3 is 0 Å². The molecular weight excluding hydrogens is 366 g/mol. The van der Waals surface area contributed by atoms with E-state index >= 15 is 0 Å². The third-order valence-electron chi connectivity index (χ3n) is 5.77. The fourth-order valence-electron chi connectivity index (χ4n) is 4.83. The van der Waals surface area contributed by atoms with Gasteiger partial charge in [0.05, 0.1) is 14.0 Å². The maximum atomic E-state index is 6.12. The van der Waals surface area contributed by atoms with Gasteiger partial charge in [0.15, 0.2) is 0 Å². The van der Waals surface area contributed by atoms with Crippen LogP contribution in [-0.4, -0.2) is 14.0 Å². The third-order valence-corrected chi connectivity index (χ3v) is 10.6. The molecule has 0 nitrogen and oxygen atoms in total. The van der Waals surface area contributed by atoms with E-state index in [1.165, 1.54) is 15.9 Å². The van der Waals surface area contributed by atoms with Crippen LogP contribution in [0.4, 0.5) is 0 Å². The Labute approximate surface area is 179 Å². The summed E-state index contributed by atoms with van der Waals surface area (Å²) in [6.07, 6.45) is 2.94. The van der Waals surface area contributed by atoms with E-state index in [0.29, 0.717) is 6.32 Å². The van der Waals surface area contributed by atoms with Gasteiger partial charge in [0.1, 0.15) is 23.2 Å². The highest BCUT2D eigenvalue weighted by atomic mass is 31.2. The number of benzene rings is 3. The van der Waals surface area contributed by atoms with Crippen LogP contribution in [0.3, 0.4) is 0 Å². The maximum absolute atomic E-state index is 6.12. The zero-order valence-corrected chi connectivity index (χ0v) is 19.2. The second kappa shape index (κ2) is 8.89. The van der Waals surface area contributed by atoms with Gasteiger partial charge >= 0.3 is 0 Å². The monoisotopic (exact) mass is 399 g/mol. The SMILES string of the molecule is [B]CC(C)(C)CC(C)(C)C[P+](c1ccccc1)(c1ccccc1)c1ccccc1. The van der Waals surface area contributed by atoms with Crippen LogP contribution in [0.2, 0.25) is 6.32 Å². The lowest BCUT2D eigenvalue weighted by Gasteiger charge is -2.39. The van der Waals surface area contributed by atoms with E-state index in [1.807, 2.05) is 0 Å². The van der Waals surface area contributed by atoms with Gasteiger partial charge in [0.25, 0.3) is 0 Å². The maximum Gasteiger partial charge on any atom is 0.112 e. The molecule has 0 N–H and O–H groups in total. The molecule has 0 saturated carbocycles. The molecule has 0 aliphatic rings. The normalized spacial score (nSPS) is 12.7. The molecule has 0 aliphatic heterocycles. The van der Waals surface area contributed by atoms with Crippen molar-refractivity contribution >= 4 is 31.0 Å². The smallest absolute Gasteiger partial charge is 0.0836 e. The van der Waals surface area contributed by atoms with Gasteiger partial charge in [-0.3, -0.25) is 0 Å². The van der Waals surface area contributed by atoms with Crippen molar-refractivity contribution in [2.45, 2.75) is 40.4 Å². The van der Waals surface area contributed by atoms with Crippen LogP contribution in [0.1, 0.15) is 34.1 Å². The van der Waals surface area contributed by atoms with Crippen molar-refractivity contribution in [2.24, 2.45) is 10.8 Å². The average Bonchev–Trinajstić information content (AvgIpc) is 2.73. The van der Waals surface area contributed by atoms with Crippen molar-refractivity contribution in [3.8, 4) is 0 Å². The Bertz CT molecular complexity index is 789. The zero-order valence-electron chi connectivity index (χ0n) is 18.3. The fraction of sp³-hybridized carbons (Fsp3) is 0.333. The molecule has 0 amide bonds. The van der Waals surface area contributed by atoms with Crippen LogP contribution in [0, 0.1) is 10.8 Å². The van der Waals surface area contributed by atoms with E-state index in [4.69, 9.17) is 7.85 Å². The number of rotatable bonds is 8. The summed E-state index contributed by atoms with van der Waals surface area (Å²) < 4.78 is 0. The third kappa shape index (κ3) is 5.02. The van der Waals surface area contributed by atoms with Gasteiger partial charge in [-0.05, 0) is 48.2 Å². The molecule has 0 spiro atoms. The van der Waals surface area contributed by atoms with Crippen LogP contribution >= 0.6 is 7.26 Å². The van der Waals surface area contributed by atoms with Crippen LogP contribution < -0.4 is 15.9 Å². The van der Waals surface area contributed by atoms with Crippen LogP contribution in [0.25, 0.3) is 0 Å². The first-order valence-corrected chi connectivity index (χ1v) is 12.5. The minimum atomic E-state index is -1.81. The van der Waals surface area contributed by atoms with Gasteiger partial charge in [0.2, 0.25) is 0 Å². The van der Waals surface area contributed by atoms with Crippen molar-refractivity contribution in [2.75, 3.05) is 6.16 Å². The van der Waals surface area contributed by atoms with Gasteiger partial charge in [-0.2, -0.15) is 0 Å². The Balaban J connectivity index is 2.23. The van der Waals surface area contributed by atoms with Crippen molar-refractivity contribution in [3.63, 3.8) is 0 Å². The minimum absolute atomic E-state index is 0.128. The number of hydrogen-bond donors (Lipinski definition) is 0. The van der Waals surface area contributed by atoms with Crippen molar-refractivity contribution in [1.29, 1.82) is 0 Å². The average molecular weight is 399 g/mol.